The monoisotopic (exact) mass is 548 g/mol. The van der Waals surface area contributed by atoms with Crippen LogP contribution in [0.1, 0.15) is 49.1 Å². The Bertz CT molecular complexity index is 1910. The van der Waals surface area contributed by atoms with Gasteiger partial charge in [-0.05, 0) is 81.1 Å². The van der Waals surface area contributed by atoms with E-state index in [0.29, 0.717) is 34.2 Å². The summed E-state index contributed by atoms with van der Waals surface area (Å²) in [6.45, 7) is 10.0. The van der Waals surface area contributed by atoms with Gasteiger partial charge in [0.1, 0.15) is 5.75 Å². The van der Waals surface area contributed by atoms with Crippen molar-refractivity contribution in [1.82, 2.24) is 9.97 Å². The number of H-pyrrole nitrogens is 1. The lowest BCUT2D eigenvalue weighted by atomic mass is 9.82. The highest BCUT2D eigenvalue weighted by atomic mass is 16.5. The summed E-state index contributed by atoms with van der Waals surface area (Å²) < 4.78 is 12.3. The van der Waals surface area contributed by atoms with Crippen molar-refractivity contribution in [2.75, 3.05) is 6.61 Å². The third-order valence-corrected chi connectivity index (χ3v) is 7.59. The first-order valence-corrected chi connectivity index (χ1v) is 13.7. The average molecular weight is 549 g/mol. The number of ether oxygens (including phenoxy) is 2. The van der Waals surface area contributed by atoms with Crippen LogP contribution >= 0.6 is 0 Å². The molecule has 1 atom stereocenters. The van der Waals surface area contributed by atoms with Gasteiger partial charge in [-0.1, -0.05) is 29.8 Å². The van der Waals surface area contributed by atoms with Crippen LogP contribution in [-0.2, 0) is 16.0 Å². The number of nitrogens with zero attached hydrogens (tertiary/aromatic N) is 1. The molecule has 0 saturated carbocycles. The van der Waals surface area contributed by atoms with E-state index in [1.165, 1.54) is 6.07 Å². The third-order valence-electron chi connectivity index (χ3n) is 7.59. The summed E-state index contributed by atoms with van der Waals surface area (Å²) in [5, 5.41) is 12.3. The Hall–Kier alpha value is -4.49. The number of benzene rings is 3. The highest BCUT2D eigenvalue weighted by Gasteiger charge is 2.34. The van der Waals surface area contributed by atoms with Gasteiger partial charge in [0.05, 0.1) is 23.2 Å². The summed E-state index contributed by atoms with van der Waals surface area (Å²) in [5.41, 5.74) is 6.86. The van der Waals surface area contributed by atoms with Gasteiger partial charge in [0.2, 0.25) is 5.56 Å². The molecular formula is C34H32N2O5. The molecule has 2 aromatic heterocycles. The van der Waals surface area contributed by atoms with Gasteiger partial charge < -0.3 is 19.6 Å². The minimum atomic E-state index is -1.29. The van der Waals surface area contributed by atoms with E-state index >= 15 is 0 Å². The number of hydrogen-bond acceptors (Lipinski definition) is 5. The van der Waals surface area contributed by atoms with Crippen LogP contribution in [-0.4, -0.2) is 33.3 Å². The second-order valence-electron chi connectivity index (χ2n) is 11.6. The van der Waals surface area contributed by atoms with E-state index in [1.807, 2.05) is 77.1 Å². The highest BCUT2D eigenvalue weighted by molar-refractivity contribution is 6.12. The molecule has 0 saturated heterocycles. The number of aryl methyl sites for hydroxylation is 1. The molecular weight excluding hydrogens is 516 g/mol. The number of carboxylic acids is 1. The summed E-state index contributed by atoms with van der Waals surface area (Å²) in [7, 11) is 0. The number of rotatable bonds is 5. The van der Waals surface area contributed by atoms with Crippen molar-refractivity contribution in [2.24, 2.45) is 0 Å². The maximum atomic E-state index is 13.0. The molecule has 5 aromatic rings. The lowest BCUT2D eigenvalue weighted by Crippen LogP contribution is -2.28. The Morgan fingerprint density at radius 1 is 1.07 bits per heavy atom. The molecule has 3 aromatic carbocycles. The Balaban J connectivity index is 1.82. The molecule has 7 heteroatoms. The smallest absolute Gasteiger partial charge is 0.337 e. The van der Waals surface area contributed by atoms with E-state index in [4.69, 9.17) is 14.5 Å². The number of fused-ring (bicyclic) bond motifs is 1. The normalized spacial score (nSPS) is 13.8. The summed E-state index contributed by atoms with van der Waals surface area (Å²) in [6, 6.07) is 17.1. The van der Waals surface area contributed by atoms with Crippen LogP contribution in [0.15, 0.2) is 65.6 Å². The number of aliphatic carboxylic acids is 1. The quantitative estimate of drug-likeness (QED) is 0.248. The SMILES string of the molecule is Cc1cccc(-c2c(C)c([C@H](OC(C)(C)C)C(=O)O)c(-c3ccc4c5c(ccnc35)CCO4)c3ccc(=O)[nH]c23)c1. The Kier molecular flexibility index (Phi) is 6.42. The van der Waals surface area contributed by atoms with Gasteiger partial charge in [0.25, 0.3) is 0 Å². The number of nitrogens with one attached hydrogen (secondary N) is 1. The van der Waals surface area contributed by atoms with Crippen molar-refractivity contribution in [3.63, 3.8) is 0 Å². The van der Waals surface area contributed by atoms with Crippen LogP contribution in [0.25, 0.3) is 44.1 Å². The molecule has 0 fully saturated rings. The molecule has 0 unspecified atom stereocenters. The summed E-state index contributed by atoms with van der Waals surface area (Å²) in [4.78, 5) is 33.6. The predicted octanol–water partition coefficient (Wildman–Crippen LogP) is 6.90. The Morgan fingerprint density at radius 2 is 1.88 bits per heavy atom. The molecule has 0 aliphatic carbocycles. The molecule has 6 rings (SSSR count). The van der Waals surface area contributed by atoms with Crippen molar-refractivity contribution >= 4 is 27.8 Å². The van der Waals surface area contributed by atoms with Crippen LogP contribution in [0.2, 0.25) is 0 Å². The first kappa shape index (κ1) is 26.7. The first-order chi connectivity index (χ1) is 19.5. The minimum Gasteiger partial charge on any atom is -0.493 e. The Labute approximate surface area is 237 Å². The lowest BCUT2D eigenvalue weighted by Gasteiger charge is -2.30. The largest absolute Gasteiger partial charge is 0.493 e. The number of hydrogen-bond donors (Lipinski definition) is 2. The zero-order valence-electron chi connectivity index (χ0n) is 23.8. The molecule has 208 valence electrons. The fourth-order valence-corrected chi connectivity index (χ4v) is 6.00. The summed E-state index contributed by atoms with van der Waals surface area (Å²) in [5.74, 6) is -0.339. The van der Waals surface area contributed by atoms with Crippen molar-refractivity contribution in [3.05, 3.63) is 93.4 Å². The van der Waals surface area contributed by atoms with E-state index in [0.717, 1.165) is 50.9 Å². The van der Waals surface area contributed by atoms with E-state index in [-0.39, 0.29) is 5.56 Å². The van der Waals surface area contributed by atoms with Gasteiger partial charge in [0, 0.05) is 46.1 Å². The van der Waals surface area contributed by atoms with E-state index in [2.05, 4.69) is 4.98 Å². The zero-order valence-corrected chi connectivity index (χ0v) is 23.8. The second kappa shape index (κ2) is 9.85. The molecule has 0 amide bonds. The molecule has 0 bridgehead atoms. The van der Waals surface area contributed by atoms with Crippen LogP contribution in [0.5, 0.6) is 5.75 Å². The zero-order chi connectivity index (χ0) is 29.1. The number of aromatic nitrogens is 2. The molecule has 41 heavy (non-hydrogen) atoms. The molecule has 0 spiro atoms. The maximum Gasteiger partial charge on any atom is 0.337 e. The number of aromatic amines is 1. The van der Waals surface area contributed by atoms with Gasteiger partial charge in [-0.15, -0.1) is 0 Å². The van der Waals surface area contributed by atoms with E-state index in [9.17, 15) is 14.7 Å². The number of carboxylic acid groups (broad SMARTS) is 1. The summed E-state index contributed by atoms with van der Waals surface area (Å²) >= 11 is 0. The van der Waals surface area contributed by atoms with Crippen molar-refractivity contribution in [3.8, 4) is 28.0 Å². The highest BCUT2D eigenvalue weighted by Crippen LogP contribution is 2.47. The van der Waals surface area contributed by atoms with E-state index < -0.39 is 17.7 Å². The van der Waals surface area contributed by atoms with Gasteiger partial charge in [-0.25, -0.2) is 4.79 Å². The molecule has 1 aliphatic rings. The second-order valence-corrected chi connectivity index (χ2v) is 11.6. The van der Waals surface area contributed by atoms with E-state index in [1.54, 1.807) is 12.3 Å². The number of carbonyl (C=O) groups is 1. The van der Waals surface area contributed by atoms with Gasteiger partial charge in [0.15, 0.2) is 6.10 Å². The summed E-state index contributed by atoms with van der Waals surface area (Å²) in [6.07, 6.45) is 1.26. The molecule has 7 nitrogen and oxygen atoms in total. The first-order valence-electron chi connectivity index (χ1n) is 13.7. The van der Waals surface area contributed by atoms with Gasteiger partial charge >= 0.3 is 5.97 Å². The van der Waals surface area contributed by atoms with Crippen LogP contribution < -0.4 is 10.3 Å². The fourth-order valence-electron chi connectivity index (χ4n) is 6.00. The predicted molar refractivity (Wildman–Crippen MR) is 161 cm³/mol. The molecule has 1 aliphatic heterocycles. The lowest BCUT2D eigenvalue weighted by molar-refractivity contribution is -0.160. The average Bonchev–Trinajstić information content (AvgIpc) is 2.91. The fraction of sp³-hybridized carbons (Fsp3) is 0.265. The third kappa shape index (κ3) is 4.66. The van der Waals surface area contributed by atoms with Gasteiger partial charge in [-0.2, -0.15) is 0 Å². The number of pyridine rings is 2. The maximum absolute atomic E-state index is 13.0. The van der Waals surface area contributed by atoms with Crippen molar-refractivity contribution < 1.29 is 19.4 Å². The topological polar surface area (TPSA) is 102 Å². The van der Waals surface area contributed by atoms with Gasteiger partial charge in [-0.3, -0.25) is 9.78 Å². The van der Waals surface area contributed by atoms with Crippen LogP contribution in [0.4, 0.5) is 0 Å². The molecule has 3 heterocycles. The standard InChI is InChI=1S/C34H32N2O5/c1-18-7-6-8-21(17-18)26-19(2)27(32(33(38)39)41-34(3,4)5)29(23-10-12-25(37)36-31(23)26)22-9-11-24-28-20(14-16-40-24)13-15-35-30(22)28/h6-13,15,17,32H,14,16H2,1-5H3,(H,36,37)(H,38,39)/t32-/m0/s1. The molecule has 0 radical (unpaired) electrons. The Morgan fingerprint density at radius 3 is 2.61 bits per heavy atom. The minimum absolute atomic E-state index is 0.242. The van der Waals surface area contributed by atoms with Crippen LogP contribution in [0.3, 0.4) is 0 Å². The van der Waals surface area contributed by atoms with Crippen molar-refractivity contribution in [1.29, 1.82) is 0 Å². The van der Waals surface area contributed by atoms with Crippen molar-refractivity contribution in [2.45, 2.75) is 52.7 Å². The van der Waals surface area contributed by atoms with Crippen LogP contribution in [0, 0.1) is 13.8 Å². The molecule has 2 N–H and O–H groups in total.